The molecule has 7 aromatic carbocycles. The molecule has 0 aliphatic heterocycles. The summed E-state index contributed by atoms with van der Waals surface area (Å²) in [5.41, 5.74) is 21.6. The number of nitrogens with zero attached hydrogens (tertiary/aromatic N) is 4. The van der Waals surface area contributed by atoms with Crippen LogP contribution in [0.1, 0.15) is 101 Å². The molecule has 0 amide bonds. The summed E-state index contributed by atoms with van der Waals surface area (Å²) in [6.07, 6.45) is 7.38. The van der Waals surface area contributed by atoms with E-state index in [-0.39, 0.29) is 0 Å². The predicted molar refractivity (Wildman–Crippen MR) is 451 cm³/mol. The van der Waals surface area contributed by atoms with Crippen LogP contribution < -0.4 is 35.9 Å². The second-order valence-corrected chi connectivity index (χ2v) is 75.3. The van der Waals surface area contributed by atoms with Gasteiger partial charge in [0.25, 0.3) is 0 Å². The summed E-state index contributed by atoms with van der Waals surface area (Å²) >= 11 is -8.20. The van der Waals surface area contributed by atoms with E-state index in [0.717, 1.165) is 105 Å². The summed E-state index contributed by atoms with van der Waals surface area (Å²) in [5.74, 6) is 28.5. The van der Waals surface area contributed by atoms with Crippen LogP contribution >= 0.6 is 0 Å². The van der Waals surface area contributed by atoms with E-state index in [9.17, 15) is 0 Å². The van der Waals surface area contributed by atoms with Gasteiger partial charge in [-0.3, -0.25) is 0 Å². The normalized spacial score (nSPS) is 14.5. The molecule has 526 valence electrons. The van der Waals surface area contributed by atoms with Gasteiger partial charge >= 0.3 is 647 Å². The van der Waals surface area contributed by atoms with E-state index >= 15 is 0 Å². The second-order valence-electron chi connectivity index (χ2n) is 32.9. The average Bonchev–Trinajstić information content (AvgIpc) is 0.747. The first-order valence-electron chi connectivity index (χ1n) is 42.4. The number of hydrogen-bond acceptors (Lipinski definition) is 0. The zero-order valence-corrected chi connectivity index (χ0v) is 73.7. The number of pyridine rings is 4. The Morgan fingerprint density at radius 3 is 0.990 bits per heavy atom. The Kier molecular flexibility index (Phi) is 19.9. The molecule has 0 bridgehead atoms. The van der Waals surface area contributed by atoms with Gasteiger partial charge in [0.15, 0.2) is 0 Å². The van der Waals surface area contributed by atoms with Gasteiger partial charge in [-0.1, -0.05) is 0 Å². The molecule has 0 spiro atoms. The molecule has 0 fully saturated rings. The Balaban J connectivity index is 0.000000194. The van der Waals surface area contributed by atoms with Gasteiger partial charge < -0.3 is 0 Å². The summed E-state index contributed by atoms with van der Waals surface area (Å²) in [4.78, 5) is 0. The van der Waals surface area contributed by atoms with Crippen LogP contribution in [0.2, 0.25) is 69.1 Å². The number of rotatable bonds is 12. The van der Waals surface area contributed by atoms with Gasteiger partial charge in [0.2, 0.25) is 0 Å². The van der Waals surface area contributed by atoms with Crippen molar-refractivity contribution >= 4 is 70.6 Å². The van der Waals surface area contributed by atoms with Crippen molar-refractivity contribution in [1.29, 1.82) is 0 Å². The molecule has 101 heavy (non-hydrogen) atoms. The predicted octanol–water partition coefficient (Wildman–Crippen LogP) is 20.6. The van der Waals surface area contributed by atoms with Gasteiger partial charge in [0.05, 0.1) is 0 Å². The molecule has 0 N–H and O–H groups in total. The monoisotopic (exact) mass is 1600 g/mol. The molecule has 11 rings (SSSR count). The van der Waals surface area contributed by atoms with E-state index in [4.69, 9.17) is 19.2 Å². The standard InChI is InChI=1S/C28H38GeN.C24H30GeN.C23H28GeN.C18H26GeN/c1-20-15-21(2)25(17-24(20)22-13-11-10-12-14-22)27-16-23(18-28(3,4)5)26(19-30(27)9)29(6,7)8;1-17-13-18(2)22(15-21(17)20-11-9-8-10-12-20)24-14-19(3)23(16-26(24)7)25(4,5)6;1-17-14-18(2)22(15-21(17)19-10-8-7-9-11-19)23-13-12-20(16-25(23)6)24(3,4)5;1-13-8-9-16(14(2)10-13)18-11-15(3)17(12-20(18)7)19(4,5)6/h10-17,19H,18H2,1-9H3;8-16H,1-7H3;7-16H,1-6H3;8-12H,1-7H3/q4*+1/i1D3,18D2;3*1D3. The first-order chi connectivity index (χ1) is 52.6. The zero-order chi connectivity index (χ0) is 86.4. The van der Waals surface area contributed by atoms with Crippen molar-refractivity contribution in [3.63, 3.8) is 0 Å². The van der Waals surface area contributed by atoms with Crippen LogP contribution in [-0.2, 0) is 34.6 Å². The van der Waals surface area contributed by atoms with Crippen LogP contribution in [0, 0.1) is 74.4 Å². The maximum atomic E-state index is 9.13. The molecule has 0 radical (unpaired) electrons. The first kappa shape index (κ1) is 61.8. The SMILES string of the molecule is [2H]C([2H])([2H])c1cc(C)c(-c2cc(C([2H])([2H])C(C)(C)C)[c]([Ge]([CH3])([CH3])[CH3])c[n+]2C)cc1-c1ccccc1.[2H]C([2H])([2H])c1cc(C)c(-c2cc(C)[c]([Ge]([CH3])([CH3])[CH3])c[n+]2C)cc1-c1ccccc1.[2H]C([2H])([2H])c1cc(C)c(-c2cc[c]([Ge]([CH3])([CH3])[CH3])c[n+]2C)cc1-c1ccccc1.[2H]C([2H])([2H])c1ccc(-c2cc(C)[c]([Ge]([CH3])([CH3])[CH3])c[n+]2C)c(C)c1. The number of hydrogen-bond donors (Lipinski definition) is 0. The fraction of sp³-hybridized carbons (Fsp3) is 0.333. The summed E-state index contributed by atoms with van der Waals surface area (Å²) in [6, 6.07) is 57.1. The van der Waals surface area contributed by atoms with Crippen LogP contribution in [0.25, 0.3) is 78.4 Å². The Bertz CT molecular complexity index is 5350. The Morgan fingerprint density at radius 1 is 0.307 bits per heavy atom. The Hall–Kier alpha value is -6.69. The third-order valence-corrected chi connectivity index (χ3v) is 36.3. The molecule has 11 aromatic rings. The quantitative estimate of drug-likeness (QED) is 0.0856. The van der Waals surface area contributed by atoms with Gasteiger partial charge in [-0.2, -0.15) is 0 Å². The van der Waals surface area contributed by atoms with Crippen molar-refractivity contribution in [2.75, 3.05) is 0 Å². The fourth-order valence-electron chi connectivity index (χ4n) is 13.4. The van der Waals surface area contributed by atoms with Crippen molar-refractivity contribution in [2.45, 2.75) is 165 Å². The zero-order valence-electron chi connectivity index (χ0n) is 79.3. The van der Waals surface area contributed by atoms with E-state index in [1.807, 2.05) is 183 Å². The molecule has 0 unspecified atom stereocenters. The van der Waals surface area contributed by atoms with Gasteiger partial charge in [0, 0.05) is 0 Å². The Morgan fingerprint density at radius 2 is 0.653 bits per heavy atom. The summed E-state index contributed by atoms with van der Waals surface area (Å²) in [6.45, 7) is 9.54. The Labute approximate surface area is 642 Å². The van der Waals surface area contributed by atoms with E-state index < -0.39 is 92.3 Å². The molecule has 0 atom stereocenters. The van der Waals surface area contributed by atoms with Crippen LogP contribution in [0.5, 0.6) is 0 Å². The minimum absolute atomic E-state index is 0.333. The summed E-state index contributed by atoms with van der Waals surface area (Å²) in [5, 5.41) is 0. The minimum atomic E-state index is -2.43. The average molecular weight is 1600 g/mol. The van der Waals surface area contributed by atoms with E-state index in [1.54, 1.807) is 18.2 Å². The van der Waals surface area contributed by atoms with Crippen molar-refractivity contribution in [1.82, 2.24) is 0 Å². The van der Waals surface area contributed by atoms with Crippen molar-refractivity contribution < 1.29 is 37.5 Å². The van der Waals surface area contributed by atoms with Crippen LogP contribution in [0.4, 0.5) is 0 Å². The first-order valence-corrected chi connectivity index (χ1v) is 64.8. The second kappa shape index (κ2) is 32.5. The number of aryl methyl sites for hydroxylation is 14. The van der Waals surface area contributed by atoms with Gasteiger partial charge in [-0.25, -0.2) is 0 Å². The topological polar surface area (TPSA) is 15.5 Å². The molecule has 4 aromatic heterocycles. The van der Waals surface area contributed by atoms with E-state index in [2.05, 4.69) is 177 Å². The number of aromatic nitrogens is 4. The molecule has 0 saturated heterocycles. The van der Waals surface area contributed by atoms with Crippen LogP contribution in [0.3, 0.4) is 0 Å². The summed E-state index contributed by atoms with van der Waals surface area (Å²) < 4.78 is 128. The molecule has 0 aliphatic rings. The third-order valence-electron chi connectivity index (χ3n) is 18.8. The van der Waals surface area contributed by atoms with Crippen molar-refractivity contribution in [2.24, 2.45) is 33.6 Å². The molecule has 4 nitrogen and oxygen atoms in total. The van der Waals surface area contributed by atoms with Gasteiger partial charge in [-0.15, -0.1) is 0 Å². The van der Waals surface area contributed by atoms with Crippen molar-refractivity contribution in [3.05, 3.63) is 262 Å². The maximum absolute atomic E-state index is 9.13. The van der Waals surface area contributed by atoms with Crippen LogP contribution in [0.15, 0.2) is 201 Å². The summed E-state index contributed by atoms with van der Waals surface area (Å²) in [7, 11) is 8.24. The molecular weight excluding hydrogens is 1460 g/mol. The molecule has 8 heteroatoms. The van der Waals surface area contributed by atoms with Gasteiger partial charge in [0.1, 0.15) is 0 Å². The number of benzene rings is 7. The van der Waals surface area contributed by atoms with Crippen molar-refractivity contribution in [3.8, 4) is 78.4 Å². The molecule has 0 aliphatic carbocycles. The molecule has 4 heterocycles. The third kappa shape index (κ3) is 20.2. The van der Waals surface area contributed by atoms with Crippen LogP contribution in [-0.4, -0.2) is 53.1 Å². The molecular formula is C93H122Ge4N4+4. The van der Waals surface area contributed by atoms with Gasteiger partial charge in [-0.05, 0) is 0 Å². The molecule has 0 saturated carbocycles. The van der Waals surface area contributed by atoms with E-state index in [0.29, 0.717) is 27.8 Å². The van der Waals surface area contributed by atoms with E-state index in [1.165, 1.54) is 24.3 Å². The fourth-order valence-corrected chi connectivity index (χ4v) is 26.8.